The first-order valence-electron chi connectivity index (χ1n) is 12.1. The van der Waals surface area contributed by atoms with Gasteiger partial charge in [-0.1, -0.05) is 45.8 Å². The molecule has 202 valence electrons. The molecule has 7 nitrogen and oxygen atoms in total. The van der Waals surface area contributed by atoms with E-state index >= 15 is 0 Å². The summed E-state index contributed by atoms with van der Waals surface area (Å²) in [5.74, 6) is -1.50. The number of aryl methyl sites for hydroxylation is 1. The van der Waals surface area contributed by atoms with Crippen LogP contribution in [0.25, 0.3) is 0 Å². The standard InChI is InChI=1S/C28H31BrFN3O4S/c1-19(2)31-28(35)21(4)32(17-22-6-5-7-23(29)16-22)27(34)18-33(25-12-8-20(3)9-13-25)38(36,37)26-14-10-24(30)11-15-26/h5-16,19,21H,17-18H2,1-4H3,(H,31,35)/t21-/m0/s1. The molecule has 3 aromatic carbocycles. The summed E-state index contributed by atoms with van der Waals surface area (Å²) in [7, 11) is -4.25. The molecule has 0 aromatic heterocycles. The van der Waals surface area contributed by atoms with Gasteiger partial charge in [-0.25, -0.2) is 12.8 Å². The van der Waals surface area contributed by atoms with Gasteiger partial charge in [-0.3, -0.25) is 13.9 Å². The predicted molar refractivity (Wildman–Crippen MR) is 150 cm³/mol. The molecular formula is C28H31BrFN3O4S. The van der Waals surface area contributed by atoms with Crippen molar-refractivity contribution in [3.05, 3.63) is 94.2 Å². The highest BCUT2D eigenvalue weighted by Gasteiger charge is 2.32. The molecular weight excluding hydrogens is 573 g/mol. The lowest BCUT2D eigenvalue weighted by Crippen LogP contribution is -2.52. The molecule has 38 heavy (non-hydrogen) atoms. The van der Waals surface area contributed by atoms with Gasteiger partial charge < -0.3 is 10.2 Å². The second-order valence-electron chi connectivity index (χ2n) is 9.29. The minimum absolute atomic E-state index is 0.0866. The third kappa shape index (κ3) is 7.41. The summed E-state index contributed by atoms with van der Waals surface area (Å²) < 4.78 is 42.7. The van der Waals surface area contributed by atoms with Crippen molar-refractivity contribution in [1.82, 2.24) is 10.2 Å². The third-order valence-electron chi connectivity index (χ3n) is 5.84. The maximum absolute atomic E-state index is 13.8. The van der Waals surface area contributed by atoms with E-state index in [4.69, 9.17) is 0 Å². The Balaban J connectivity index is 2.02. The van der Waals surface area contributed by atoms with Gasteiger partial charge in [-0.15, -0.1) is 0 Å². The molecule has 10 heteroatoms. The molecule has 0 unspecified atom stereocenters. The van der Waals surface area contributed by atoms with Crippen molar-refractivity contribution in [3.8, 4) is 0 Å². The van der Waals surface area contributed by atoms with Crippen molar-refractivity contribution >= 4 is 43.5 Å². The van der Waals surface area contributed by atoms with E-state index in [1.165, 1.54) is 4.90 Å². The Bertz CT molecular complexity index is 1380. The summed E-state index contributed by atoms with van der Waals surface area (Å²) in [4.78, 5) is 27.9. The van der Waals surface area contributed by atoms with Gasteiger partial charge in [0.15, 0.2) is 0 Å². The van der Waals surface area contributed by atoms with Crippen LogP contribution in [0.1, 0.15) is 31.9 Å². The monoisotopic (exact) mass is 603 g/mol. The molecule has 0 spiro atoms. The van der Waals surface area contributed by atoms with Crippen molar-refractivity contribution in [2.45, 2.75) is 51.2 Å². The molecule has 0 saturated carbocycles. The maximum Gasteiger partial charge on any atom is 0.264 e. The topological polar surface area (TPSA) is 86.8 Å². The van der Waals surface area contributed by atoms with Crippen LogP contribution in [0.3, 0.4) is 0 Å². The van der Waals surface area contributed by atoms with E-state index in [9.17, 15) is 22.4 Å². The average Bonchev–Trinajstić information content (AvgIpc) is 2.86. The highest BCUT2D eigenvalue weighted by molar-refractivity contribution is 9.10. The van der Waals surface area contributed by atoms with E-state index in [1.54, 1.807) is 31.2 Å². The number of amides is 2. The van der Waals surface area contributed by atoms with Crippen molar-refractivity contribution in [1.29, 1.82) is 0 Å². The molecule has 0 heterocycles. The fourth-order valence-corrected chi connectivity index (χ4v) is 5.65. The molecule has 0 aliphatic carbocycles. The van der Waals surface area contributed by atoms with Crippen LogP contribution in [0.2, 0.25) is 0 Å². The number of sulfonamides is 1. The van der Waals surface area contributed by atoms with Crippen LogP contribution in [-0.2, 0) is 26.2 Å². The molecule has 0 bridgehead atoms. The molecule has 3 aromatic rings. The van der Waals surface area contributed by atoms with Gasteiger partial charge >= 0.3 is 0 Å². The zero-order valence-corrected chi connectivity index (χ0v) is 24.1. The van der Waals surface area contributed by atoms with Gasteiger partial charge in [0.25, 0.3) is 10.0 Å². The summed E-state index contributed by atoms with van der Waals surface area (Å²) in [6.07, 6.45) is 0. The van der Waals surface area contributed by atoms with Crippen molar-refractivity contribution in [2.24, 2.45) is 0 Å². The van der Waals surface area contributed by atoms with Crippen LogP contribution in [0, 0.1) is 12.7 Å². The number of carbonyl (C=O) groups excluding carboxylic acids is 2. The summed E-state index contributed by atoms with van der Waals surface area (Å²) in [6, 6.07) is 17.4. The van der Waals surface area contributed by atoms with Crippen molar-refractivity contribution < 1.29 is 22.4 Å². The summed E-state index contributed by atoms with van der Waals surface area (Å²) in [5, 5.41) is 2.82. The normalized spacial score (nSPS) is 12.2. The third-order valence-corrected chi connectivity index (χ3v) is 8.12. The van der Waals surface area contributed by atoms with Crippen LogP contribution in [0.15, 0.2) is 82.2 Å². The Morgan fingerprint density at radius 3 is 2.18 bits per heavy atom. The van der Waals surface area contributed by atoms with Gasteiger partial charge in [-0.2, -0.15) is 0 Å². The van der Waals surface area contributed by atoms with E-state index in [2.05, 4.69) is 21.2 Å². The molecule has 0 aliphatic rings. The van der Waals surface area contributed by atoms with Crippen LogP contribution < -0.4 is 9.62 Å². The average molecular weight is 605 g/mol. The van der Waals surface area contributed by atoms with Crippen LogP contribution >= 0.6 is 15.9 Å². The van der Waals surface area contributed by atoms with Gasteiger partial charge in [0.2, 0.25) is 11.8 Å². The van der Waals surface area contributed by atoms with E-state index < -0.39 is 34.3 Å². The highest BCUT2D eigenvalue weighted by atomic mass is 79.9. The maximum atomic E-state index is 13.8. The van der Waals surface area contributed by atoms with E-state index in [0.717, 1.165) is 44.2 Å². The lowest BCUT2D eigenvalue weighted by atomic mass is 10.1. The minimum Gasteiger partial charge on any atom is -0.352 e. The number of nitrogens with zero attached hydrogens (tertiary/aromatic N) is 2. The molecule has 0 aliphatic heterocycles. The highest BCUT2D eigenvalue weighted by Crippen LogP contribution is 2.25. The summed E-state index contributed by atoms with van der Waals surface area (Å²) >= 11 is 3.42. The molecule has 3 rings (SSSR count). The Hall–Kier alpha value is -3.24. The Morgan fingerprint density at radius 2 is 1.61 bits per heavy atom. The Morgan fingerprint density at radius 1 is 0.974 bits per heavy atom. The number of benzene rings is 3. The SMILES string of the molecule is Cc1ccc(N(CC(=O)N(Cc2cccc(Br)c2)[C@@H](C)C(=O)NC(C)C)S(=O)(=O)c2ccc(F)cc2)cc1. The lowest BCUT2D eigenvalue weighted by Gasteiger charge is -2.32. The van der Waals surface area contributed by atoms with Gasteiger partial charge in [0.05, 0.1) is 10.6 Å². The fourth-order valence-electron chi connectivity index (χ4n) is 3.79. The molecule has 0 radical (unpaired) electrons. The van der Waals surface area contributed by atoms with E-state index in [-0.39, 0.29) is 29.1 Å². The van der Waals surface area contributed by atoms with Crippen LogP contribution in [-0.4, -0.2) is 43.8 Å². The molecule has 0 fully saturated rings. The fraction of sp³-hybridized carbons (Fsp3) is 0.286. The molecule has 0 saturated heterocycles. The predicted octanol–water partition coefficient (Wildman–Crippen LogP) is 5.03. The van der Waals surface area contributed by atoms with Gasteiger partial charge in [-0.05, 0) is 81.8 Å². The Labute approximate surface area is 231 Å². The lowest BCUT2D eigenvalue weighted by molar-refractivity contribution is -0.139. The number of halogens is 2. The van der Waals surface area contributed by atoms with E-state index in [0.29, 0.717) is 0 Å². The second kappa shape index (κ2) is 12.5. The smallest absolute Gasteiger partial charge is 0.264 e. The first-order valence-corrected chi connectivity index (χ1v) is 14.3. The van der Waals surface area contributed by atoms with Crippen LogP contribution in [0.4, 0.5) is 10.1 Å². The quantitative estimate of drug-likeness (QED) is 0.352. The van der Waals surface area contributed by atoms with E-state index in [1.807, 2.05) is 45.0 Å². The summed E-state index contributed by atoms with van der Waals surface area (Å²) in [6.45, 7) is 6.64. The van der Waals surface area contributed by atoms with Gasteiger partial charge in [0, 0.05) is 17.1 Å². The molecule has 2 amide bonds. The zero-order chi connectivity index (χ0) is 28.0. The first kappa shape index (κ1) is 29.3. The van der Waals surface area contributed by atoms with Crippen LogP contribution in [0.5, 0.6) is 0 Å². The van der Waals surface area contributed by atoms with Crippen molar-refractivity contribution in [3.63, 3.8) is 0 Å². The number of hydrogen-bond acceptors (Lipinski definition) is 4. The number of anilines is 1. The number of nitrogens with one attached hydrogen (secondary N) is 1. The molecule has 1 N–H and O–H groups in total. The number of rotatable bonds is 10. The largest absolute Gasteiger partial charge is 0.352 e. The number of carbonyl (C=O) groups is 2. The first-order chi connectivity index (χ1) is 17.9. The van der Waals surface area contributed by atoms with Gasteiger partial charge in [0.1, 0.15) is 18.4 Å². The Kier molecular flexibility index (Phi) is 9.67. The summed E-state index contributed by atoms with van der Waals surface area (Å²) in [5.41, 5.74) is 1.95. The second-order valence-corrected chi connectivity index (χ2v) is 12.1. The van der Waals surface area contributed by atoms with Crippen molar-refractivity contribution in [2.75, 3.05) is 10.8 Å². The minimum atomic E-state index is -4.25. The zero-order valence-electron chi connectivity index (χ0n) is 21.7. The number of hydrogen-bond donors (Lipinski definition) is 1. The molecule has 1 atom stereocenters.